The molecule has 0 saturated carbocycles. The highest BCUT2D eigenvalue weighted by atomic mass is 16.5. The fourth-order valence-electron chi connectivity index (χ4n) is 2.21. The minimum Gasteiger partial charge on any atom is -0.496 e. The largest absolute Gasteiger partial charge is 0.496 e. The summed E-state index contributed by atoms with van der Waals surface area (Å²) >= 11 is 0. The van der Waals surface area contributed by atoms with Crippen molar-refractivity contribution in [2.24, 2.45) is 0 Å². The number of ketones is 1. The highest BCUT2D eigenvalue weighted by molar-refractivity contribution is 6.01. The van der Waals surface area contributed by atoms with E-state index in [0.717, 1.165) is 11.1 Å². The highest BCUT2D eigenvalue weighted by Crippen LogP contribution is 2.21. The van der Waals surface area contributed by atoms with Gasteiger partial charge in [0.25, 0.3) is 0 Å². The topological polar surface area (TPSA) is 52.6 Å². The van der Waals surface area contributed by atoms with Gasteiger partial charge in [-0.25, -0.2) is 4.79 Å². The van der Waals surface area contributed by atoms with Gasteiger partial charge in [-0.05, 0) is 32.9 Å². The van der Waals surface area contributed by atoms with E-state index in [4.69, 9.17) is 9.47 Å². The molecule has 2 aromatic rings. The molecule has 1 atom stereocenters. The summed E-state index contributed by atoms with van der Waals surface area (Å²) in [7, 11) is 1.49. The fourth-order valence-corrected chi connectivity index (χ4v) is 2.21. The van der Waals surface area contributed by atoms with Crippen LogP contribution in [0.5, 0.6) is 5.75 Å². The van der Waals surface area contributed by atoms with Crippen LogP contribution in [0.3, 0.4) is 0 Å². The Morgan fingerprint density at radius 3 is 2.17 bits per heavy atom. The van der Waals surface area contributed by atoms with Crippen molar-refractivity contribution in [1.29, 1.82) is 0 Å². The Morgan fingerprint density at radius 1 is 0.957 bits per heavy atom. The first kappa shape index (κ1) is 16.7. The Balaban J connectivity index is 2.15. The van der Waals surface area contributed by atoms with Crippen LogP contribution in [0, 0.1) is 13.8 Å². The Morgan fingerprint density at radius 2 is 1.57 bits per heavy atom. The molecule has 120 valence electrons. The first-order valence-corrected chi connectivity index (χ1v) is 7.39. The maximum atomic E-state index is 12.3. The predicted molar refractivity (Wildman–Crippen MR) is 88.1 cm³/mol. The number of ether oxygens (including phenoxy) is 2. The number of hydrogen-bond donors (Lipinski definition) is 0. The van der Waals surface area contributed by atoms with Gasteiger partial charge in [-0.15, -0.1) is 0 Å². The zero-order valence-electron chi connectivity index (χ0n) is 13.8. The van der Waals surface area contributed by atoms with Crippen molar-refractivity contribution in [2.45, 2.75) is 26.9 Å². The zero-order valence-corrected chi connectivity index (χ0v) is 13.8. The number of benzene rings is 2. The normalized spacial score (nSPS) is 11.7. The second kappa shape index (κ2) is 7.09. The van der Waals surface area contributed by atoms with Crippen molar-refractivity contribution in [3.05, 3.63) is 64.7 Å². The average Bonchev–Trinajstić information content (AvgIpc) is 2.54. The molecule has 0 saturated heterocycles. The molecule has 0 spiro atoms. The van der Waals surface area contributed by atoms with Crippen molar-refractivity contribution < 1.29 is 19.1 Å². The van der Waals surface area contributed by atoms with Gasteiger partial charge in [-0.2, -0.15) is 0 Å². The predicted octanol–water partition coefficient (Wildman–Crippen LogP) is 3.74. The zero-order chi connectivity index (χ0) is 17.0. The maximum absolute atomic E-state index is 12.3. The average molecular weight is 312 g/mol. The van der Waals surface area contributed by atoms with Crippen LogP contribution in [0.25, 0.3) is 0 Å². The molecule has 2 aromatic carbocycles. The van der Waals surface area contributed by atoms with E-state index in [1.807, 2.05) is 32.0 Å². The van der Waals surface area contributed by atoms with E-state index >= 15 is 0 Å². The van der Waals surface area contributed by atoms with E-state index in [1.165, 1.54) is 7.11 Å². The maximum Gasteiger partial charge on any atom is 0.342 e. The van der Waals surface area contributed by atoms with Gasteiger partial charge in [0.15, 0.2) is 6.10 Å². The van der Waals surface area contributed by atoms with E-state index in [2.05, 4.69) is 0 Å². The van der Waals surface area contributed by atoms with Crippen molar-refractivity contribution in [3.63, 3.8) is 0 Å². The monoisotopic (exact) mass is 312 g/mol. The second-order valence-corrected chi connectivity index (χ2v) is 5.48. The summed E-state index contributed by atoms with van der Waals surface area (Å²) in [6, 6.07) is 12.4. The van der Waals surface area contributed by atoms with Crippen LogP contribution in [0.4, 0.5) is 0 Å². The van der Waals surface area contributed by atoms with Gasteiger partial charge in [0.2, 0.25) is 5.78 Å². The molecule has 0 N–H and O–H groups in total. The highest BCUT2D eigenvalue weighted by Gasteiger charge is 2.22. The second-order valence-electron chi connectivity index (χ2n) is 5.48. The summed E-state index contributed by atoms with van der Waals surface area (Å²) in [4.78, 5) is 24.7. The number of rotatable bonds is 5. The molecule has 0 aliphatic rings. The molecule has 0 aliphatic carbocycles. The number of carbonyl (C=O) groups excluding carboxylic acids is 2. The molecule has 0 aliphatic heterocycles. The molecule has 23 heavy (non-hydrogen) atoms. The first-order valence-electron chi connectivity index (χ1n) is 7.39. The molecule has 4 heteroatoms. The lowest BCUT2D eigenvalue weighted by molar-refractivity contribution is 0.0316. The molecule has 0 heterocycles. The van der Waals surface area contributed by atoms with Crippen LogP contribution in [0.1, 0.15) is 38.8 Å². The van der Waals surface area contributed by atoms with Gasteiger partial charge in [-0.3, -0.25) is 4.79 Å². The van der Waals surface area contributed by atoms with Crippen LogP contribution in [0.15, 0.2) is 42.5 Å². The number of hydrogen-bond acceptors (Lipinski definition) is 4. The van der Waals surface area contributed by atoms with E-state index < -0.39 is 12.1 Å². The van der Waals surface area contributed by atoms with E-state index in [1.54, 1.807) is 31.2 Å². The number of carbonyl (C=O) groups is 2. The lowest BCUT2D eigenvalue weighted by Crippen LogP contribution is -2.24. The van der Waals surface area contributed by atoms with E-state index in [-0.39, 0.29) is 5.78 Å². The van der Waals surface area contributed by atoms with Gasteiger partial charge in [-0.1, -0.05) is 41.5 Å². The summed E-state index contributed by atoms with van der Waals surface area (Å²) in [6.07, 6.45) is -0.865. The number of aryl methyl sites for hydroxylation is 2. The number of Topliss-reactive ketones (excluding diaryl/α,β-unsaturated/α-hetero) is 1. The summed E-state index contributed by atoms with van der Waals surface area (Å²) in [5, 5.41) is 0. The van der Waals surface area contributed by atoms with Crippen molar-refractivity contribution >= 4 is 11.8 Å². The van der Waals surface area contributed by atoms with Crippen LogP contribution in [-0.2, 0) is 4.74 Å². The smallest absolute Gasteiger partial charge is 0.342 e. The Hall–Kier alpha value is -2.62. The first-order chi connectivity index (χ1) is 10.9. The molecule has 2 rings (SSSR count). The Kier molecular flexibility index (Phi) is 5.16. The third kappa shape index (κ3) is 3.97. The van der Waals surface area contributed by atoms with Gasteiger partial charge < -0.3 is 9.47 Å². The quantitative estimate of drug-likeness (QED) is 0.623. The molecule has 4 nitrogen and oxygen atoms in total. The fraction of sp³-hybridized carbons (Fsp3) is 0.263. The summed E-state index contributed by atoms with van der Waals surface area (Å²) < 4.78 is 10.5. The minimum absolute atomic E-state index is 0.232. The number of methoxy groups -OCH3 is 1. The standard InChI is InChI=1S/C19H20O4/c1-12-5-8-15(9-6-12)18(20)14(3)23-19(21)16-11-13(2)7-10-17(16)22-4/h5-11,14H,1-4H3/t14-/m0/s1. The van der Waals surface area contributed by atoms with Crippen LogP contribution >= 0.6 is 0 Å². The molecular formula is C19H20O4. The van der Waals surface area contributed by atoms with Crippen molar-refractivity contribution in [2.75, 3.05) is 7.11 Å². The SMILES string of the molecule is COc1ccc(C)cc1C(=O)O[C@@H](C)C(=O)c1ccc(C)cc1. The lowest BCUT2D eigenvalue weighted by Gasteiger charge is -2.14. The molecule has 0 aromatic heterocycles. The third-order valence-corrected chi connectivity index (χ3v) is 3.56. The minimum atomic E-state index is -0.865. The molecule has 0 unspecified atom stereocenters. The van der Waals surface area contributed by atoms with Crippen molar-refractivity contribution in [1.82, 2.24) is 0 Å². The molecule has 0 amide bonds. The number of esters is 1. The van der Waals surface area contributed by atoms with Crippen LogP contribution < -0.4 is 4.74 Å². The van der Waals surface area contributed by atoms with Gasteiger partial charge in [0.1, 0.15) is 11.3 Å². The lowest BCUT2D eigenvalue weighted by atomic mass is 10.1. The van der Waals surface area contributed by atoms with Crippen molar-refractivity contribution in [3.8, 4) is 5.75 Å². The van der Waals surface area contributed by atoms with Gasteiger partial charge in [0.05, 0.1) is 7.11 Å². The van der Waals surface area contributed by atoms with Crippen LogP contribution in [-0.4, -0.2) is 25.0 Å². The summed E-state index contributed by atoms with van der Waals surface area (Å²) in [5.41, 5.74) is 2.81. The van der Waals surface area contributed by atoms with E-state index in [9.17, 15) is 9.59 Å². The summed E-state index contributed by atoms with van der Waals surface area (Å²) in [5.74, 6) is -0.376. The van der Waals surface area contributed by atoms with Gasteiger partial charge in [0, 0.05) is 5.56 Å². The van der Waals surface area contributed by atoms with Crippen LogP contribution in [0.2, 0.25) is 0 Å². The molecule has 0 radical (unpaired) electrons. The third-order valence-electron chi connectivity index (χ3n) is 3.56. The molecule has 0 bridgehead atoms. The van der Waals surface area contributed by atoms with E-state index in [0.29, 0.717) is 16.9 Å². The Bertz CT molecular complexity index is 717. The molecule has 0 fully saturated rings. The Labute approximate surface area is 136 Å². The molecular weight excluding hydrogens is 292 g/mol. The summed E-state index contributed by atoms with van der Waals surface area (Å²) in [6.45, 7) is 5.39. The van der Waals surface area contributed by atoms with Gasteiger partial charge >= 0.3 is 5.97 Å².